The van der Waals surface area contributed by atoms with Crippen LogP contribution in [-0.4, -0.2) is 27.1 Å². The highest BCUT2D eigenvalue weighted by molar-refractivity contribution is 6.06. The van der Waals surface area contributed by atoms with Crippen LogP contribution in [0.25, 0.3) is 21.9 Å². The minimum atomic E-state index is -0.177. The molecule has 4 aromatic rings. The van der Waals surface area contributed by atoms with Crippen LogP contribution in [0.3, 0.4) is 0 Å². The van der Waals surface area contributed by atoms with Gasteiger partial charge in [0.15, 0.2) is 5.82 Å². The Hall–Kier alpha value is -3.61. The maximum atomic E-state index is 12.2. The molecule has 0 saturated heterocycles. The number of amides is 2. The van der Waals surface area contributed by atoms with Crippen LogP contribution in [0.2, 0.25) is 0 Å². The Morgan fingerprint density at radius 2 is 1.88 bits per heavy atom. The van der Waals surface area contributed by atoms with Crippen molar-refractivity contribution in [3.63, 3.8) is 0 Å². The summed E-state index contributed by atoms with van der Waals surface area (Å²) >= 11 is 0. The molecule has 2 amide bonds. The number of benzene rings is 2. The molecule has 0 fully saturated rings. The zero-order chi connectivity index (χ0) is 22.3. The summed E-state index contributed by atoms with van der Waals surface area (Å²) in [7, 11) is 0. The van der Waals surface area contributed by atoms with Crippen molar-refractivity contribution in [1.82, 2.24) is 19.9 Å². The van der Waals surface area contributed by atoms with Gasteiger partial charge in [-0.3, -0.25) is 0 Å². The smallest absolute Gasteiger partial charge is 0.319 e. The number of pyridine rings is 1. The predicted octanol–water partition coefficient (Wildman–Crippen LogP) is 5.11. The van der Waals surface area contributed by atoms with Gasteiger partial charge in [-0.05, 0) is 49.4 Å². The van der Waals surface area contributed by atoms with E-state index in [0.29, 0.717) is 12.4 Å². The Labute approximate surface area is 188 Å². The van der Waals surface area contributed by atoms with Crippen molar-refractivity contribution >= 4 is 39.5 Å². The molecule has 0 aliphatic heterocycles. The number of carbonyl (C=O) groups is 1. The topological polar surface area (TPSA) is 97.9 Å². The molecule has 7 heteroatoms. The molecule has 166 valence electrons. The van der Waals surface area contributed by atoms with Crippen LogP contribution in [0.4, 0.5) is 16.3 Å². The summed E-state index contributed by atoms with van der Waals surface area (Å²) in [6.07, 6.45) is 7.04. The van der Waals surface area contributed by atoms with E-state index in [-0.39, 0.29) is 6.03 Å². The molecule has 7 nitrogen and oxygen atoms in total. The fraction of sp³-hybridized carbons (Fsp3) is 0.320. The summed E-state index contributed by atoms with van der Waals surface area (Å²) in [5.41, 5.74) is 10.8. The number of anilines is 2. The summed E-state index contributed by atoms with van der Waals surface area (Å²) < 4.78 is 2.12. The first-order valence-electron chi connectivity index (χ1n) is 11.3. The van der Waals surface area contributed by atoms with Gasteiger partial charge in [-0.2, -0.15) is 0 Å². The highest BCUT2D eigenvalue weighted by atomic mass is 16.2. The Morgan fingerprint density at radius 1 is 1.06 bits per heavy atom. The van der Waals surface area contributed by atoms with Crippen LogP contribution >= 0.6 is 0 Å². The zero-order valence-corrected chi connectivity index (χ0v) is 18.5. The van der Waals surface area contributed by atoms with Crippen molar-refractivity contribution in [2.75, 3.05) is 17.6 Å². The van der Waals surface area contributed by atoms with Crippen molar-refractivity contribution in [3.8, 4) is 0 Å². The summed E-state index contributed by atoms with van der Waals surface area (Å²) in [6.45, 7) is 3.59. The predicted molar refractivity (Wildman–Crippen MR) is 131 cm³/mol. The van der Waals surface area contributed by atoms with E-state index in [0.717, 1.165) is 53.4 Å². The van der Waals surface area contributed by atoms with Crippen molar-refractivity contribution < 1.29 is 4.79 Å². The van der Waals surface area contributed by atoms with Crippen LogP contribution in [0, 0.1) is 0 Å². The van der Waals surface area contributed by atoms with Crippen molar-refractivity contribution in [3.05, 3.63) is 60.4 Å². The standard InChI is InChI=1S/C25H30N6O/c1-2-3-8-18-11-13-19(14-12-18)29-25(32)27-15-6-7-16-31-17-28-22-23(31)20-9-4-5-10-21(20)30-24(22)26/h4-5,9-14,17H,2-3,6-8,15-16H2,1H3,(H2,26,30)(H2,27,29,32). The molecule has 0 bridgehead atoms. The number of unbranched alkanes of at least 4 members (excludes halogenated alkanes) is 2. The summed E-state index contributed by atoms with van der Waals surface area (Å²) in [5, 5.41) is 6.87. The molecule has 0 spiro atoms. The summed E-state index contributed by atoms with van der Waals surface area (Å²) in [5.74, 6) is 0.453. The van der Waals surface area contributed by atoms with Gasteiger partial charge in [0, 0.05) is 24.2 Å². The molecule has 2 heterocycles. The molecular weight excluding hydrogens is 400 g/mol. The van der Waals surface area contributed by atoms with Crippen molar-refractivity contribution in [2.24, 2.45) is 0 Å². The second-order valence-corrected chi connectivity index (χ2v) is 8.04. The van der Waals surface area contributed by atoms with E-state index >= 15 is 0 Å². The first-order chi connectivity index (χ1) is 15.7. The van der Waals surface area contributed by atoms with E-state index in [1.54, 1.807) is 0 Å². The quantitative estimate of drug-likeness (QED) is 0.321. The first kappa shape index (κ1) is 21.6. The number of nitrogens with one attached hydrogen (secondary N) is 2. The van der Waals surface area contributed by atoms with Crippen LogP contribution in [0.5, 0.6) is 0 Å². The van der Waals surface area contributed by atoms with Gasteiger partial charge < -0.3 is 20.9 Å². The molecule has 0 aliphatic rings. The number of rotatable bonds is 9. The first-order valence-corrected chi connectivity index (χ1v) is 11.3. The third-order valence-corrected chi connectivity index (χ3v) is 5.62. The second-order valence-electron chi connectivity index (χ2n) is 8.04. The molecule has 0 radical (unpaired) electrons. The maximum Gasteiger partial charge on any atom is 0.319 e. The lowest BCUT2D eigenvalue weighted by atomic mass is 10.1. The second kappa shape index (κ2) is 10.1. The lowest BCUT2D eigenvalue weighted by Gasteiger charge is -2.10. The number of carbonyl (C=O) groups excluding carboxylic acids is 1. The average Bonchev–Trinajstić information content (AvgIpc) is 3.23. The number of aryl methyl sites for hydroxylation is 2. The highest BCUT2D eigenvalue weighted by Crippen LogP contribution is 2.27. The molecule has 2 aromatic heterocycles. The molecule has 2 aromatic carbocycles. The minimum absolute atomic E-state index is 0.177. The normalized spacial score (nSPS) is 11.2. The van der Waals surface area contributed by atoms with E-state index in [9.17, 15) is 4.79 Å². The van der Waals surface area contributed by atoms with E-state index in [2.05, 4.69) is 44.2 Å². The number of nitrogens with two attached hydrogens (primary N) is 1. The fourth-order valence-corrected chi connectivity index (χ4v) is 3.90. The van der Waals surface area contributed by atoms with Crippen LogP contribution in [0.15, 0.2) is 54.9 Å². The largest absolute Gasteiger partial charge is 0.382 e. The Morgan fingerprint density at radius 3 is 2.69 bits per heavy atom. The number of fused-ring (bicyclic) bond motifs is 3. The van der Waals surface area contributed by atoms with E-state index < -0.39 is 0 Å². The lowest BCUT2D eigenvalue weighted by Crippen LogP contribution is -2.29. The van der Waals surface area contributed by atoms with E-state index in [1.807, 2.05) is 42.7 Å². The molecular formula is C25H30N6O. The van der Waals surface area contributed by atoms with Crippen LogP contribution in [0.1, 0.15) is 38.2 Å². The van der Waals surface area contributed by atoms with Gasteiger partial charge in [0.05, 0.1) is 17.4 Å². The fourth-order valence-electron chi connectivity index (χ4n) is 3.90. The van der Waals surface area contributed by atoms with Crippen LogP contribution < -0.4 is 16.4 Å². The number of imidazole rings is 1. The minimum Gasteiger partial charge on any atom is -0.382 e. The SMILES string of the molecule is CCCCc1ccc(NC(=O)NCCCCn2cnc3c(N)nc4ccccc4c32)cc1. The van der Waals surface area contributed by atoms with Gasteiger partial charge >= 0.3 is 6.03 Å². The van der Waals surface area contributed by atoms with E-state index in [1.165, 1.54) is 18.4 Å². The Bertz CT molecular complexity index is 1200. The molecule has 0 saturated carbocycles. The monoisotopic (exact) mass is 430 g/mol. The Balaban J connectivity index is 1.26. The van der Waals surface area contributed by atoms with Gasteiger partial charge in [-0.1, -0.05) is 43.7 Å². The van der Waals surface area contributed by atoms with Gasteiger partial charge in [-0.25, -0.2) is 14.8 Å². The number of para-hydroxylation sites is 1. The molecule has 4 rings (SSSR count). The zero-order valence-electron chi connectivity index (χ0n) is 18.5. The Kier molecular flexibility index (Phi) is 6.84. The third-order valence-electron chi connectivity index (χ3n) is 5.62. The van der Waals surface area contributed by atoms with Gasteiger partial charge in [0.2, 0.25) is 0 Å². The van der Waals surface area contributed by atoms with Crippen molar-refractivity contribution in [2.45, 2.75) is 45.6 Å². The molecule has 0 aliphatic carbocycles. The number of nitrogens with zero attached hydrogens (tertiary/aromatic N) is 3. The molecule has 32 heavy (non-hydrogen) atoms. The number of aromatic nitrogens is 3. The highest BCUT2D eigenvalue weighted by Gasteiger charge is 2.11. The molecule has 4 N–H and O–H groups in total. The molecule has 0 atom stereocenters. The lowest BCUT2D eigenvalue weighted by molar-refractivity contribution is 0.252. The number of urea groups is 1. The van der Waals surface area contributed by atoms with E-state index in [4.69, 9.17) is 5.73 Å². The van der Waals surface area contributed by atoms with Crippen LogP contribution in [-0.2, 0) is 13.0 Å². The molecule has 0 unspecified atom stereocenters. The maximum absolute atomic E-state index is 12.2. The van der Waals surface area contributed by atoms with Crippen molar-refractivity contribution in [1.29, 1.82) is 0 Å². The summed E-state index contributed by atoms with van der Waals surface area (Å²) in [6, 6.07) is 15.9. The number of nitrogen functional groups attached to an aromatic ring is 1. The van der Waals surface area contributed by atoms with Gasteiger partial charge in [0.1, 0.15) is 5.52 Å². The number of hydrogen-bond donors (Lipinski definition) is 3. The number of hydrogen-bond acceptors (Lipinski definition) is 4. The third kappa shape index (κ3) is 4.99. The van der Waals surface area contributed by atoms with Gasteiger partial charge in [-0.15, -0.1) is 0 Å². The van der Waals surface area contributed by atoms with Gasteiger partial charge in [0.25, 0.3) is 0 Å². The average molecular weight is 431 g/mol. The summed E-state index contributed by atoms with van der Waals surface area (Å²) in [4.78, 5) is 21.1.